The van der Waals surface area contributed by atoms with Crippen molar-refractivity contribution >= 4 is 38.5 Å². The van der Waals surface area contributed by atoms with Crippen molar-refractivity contribution in [1.82, 2.24) is 19.5 Å². The maximum absolute atomic E-state index is 4.96. The summed E-state index contributed by atoms with van der Waals surface area (Å²) in [5, 5.41) is 6.11. The first-order valence-electron chi connectivity index (χ1n) is 17.5. The number of hydrogen-bond donors (Lipinski definition) is 0. The predicted molar refractivity (Wildman–Crippen MR) is 211 cm³/mol. The topological polar surface area (TPSA) is 43.6 Å². The van der Waals surface area contributed by atoms with Crippen LogP contribution < -0.4 is 0 Å². The molecule has 4 heterocycles. The minimum atomic E-state index is 0.848. The third-order valence-corrected chi connectivity index (χ3v) is 10.3. The smallest absolute Gasteiger partial charge is 0.0886 e. The van der Waals surface area contributed by atoms with E-state index in [1.54, 1.807) is 0 Å². The van der Waals surface area contributed by atoms with Crippen LogP contribution in [0.25, 0.3) is 89.0 Å². The van der Waals surface area contributed by atoms with Gasteiger partial charge in [-0.3, -0.25) is 15.0 Å². The molecule has 0 bridgehead atoms. The van der Waals surface area contributed by atoms with Gasteiger partial charge in [0.15, 0.2) is 0 Å². The molecule has 240 valence electrons. The number of fused-ring (bicyclic) bond motifs is 5. The van der Waals surface area contributed by atoms with E-state index < -0.39 is 0 Å². The van der Waals surface area contributed by atoms with Crippen molar-refractivity contribution in [3.8, 4) is 50.5 Å². The maximum atomic E-state index is 4.96. The van der Waals surface area contributed by atoms with Gasteiger partial charge in [0.2, 0.25) is 0 Å². The molecule has 0 unspecified atom stereocenters. The summed E-state index contributed by atoms with van der Waals surface area (Å²) in [6.07, 6.45) is 14.4. The molecule has 0 fully saturated rings. The zero-order valence-corrected chi connectivity index (χ0v) is 27.9. The Balaban J connectivity index is 1.00. The first-order valence-corrected chi connectivity index (χ1v) is 17.5. The molecule has 51 heavy (non-hydrogen) atoms. The molecule has 0 saturated carbocycles. The molecule has 0 spiro atoms. The Morgan fingerprint density at radius 1 is 0.490 bits per heavy atom. The van der Waals surface area contributed by atoms with Crippen LogP contribution in [0.3, 0.4) is 0 Å². The largest absolute Gasteiger partial charge is 0.313 e. The molecule has 10 rings (SSSR count). The van der Waals surface area contributed by atoms with Gasteiger partial charge in [0, 0.05) is 58.2 Å². The van der Waals surface area contributed by atoms with Gasteiger partial charge >= 0.3 is 0 Å². The zero-order chi connectivity index (χ0) is 33.7. The van der Waals surface area contributed by atoms with Crippen LogP contribution in [0.5, 0.6) is 0 Å². The lowest BCUT2D eigenvalue weighted by atomic mass is 9.86. The van der Waals surface area contributed by atoms with E-state index in [4.69, 9.17) is 9.97 Å². The number of benzene rings is 5. The highest BCUT2D eigenvalue weighted by molar-refractivity contribution is 6.21. The maximum Gasteiger partial charge on any atom is 0.0886 e. The number of nitrogens with zero attached hydrogens (tertiary/aromatic N) is 4. The van der Waals surface area contributed by atoms with Crippen LogP contribution in [-0.4, -0.2) is 19.5 Å². The molecular formula is C47H32N4. The number of hydrogen-bond acceptors (Lipinski definition) is 3. The van der Waals surface area contributed by atoms with Crippen LogP contribution >= 0.6 is 0 Å². The summed E-state index contributed by atoms with van der Waals surface area (Å²) in [5.74, 6) is 0. The van der Waals surface area contributed by atoms with E-state index in [1.165, 1.54) is 60.4 Å². The lowest BCUT2D eigenvalue weighted by Gasteiger charge is -2.17. The summed E-state index contributed by atoms with van der Waals surface area (Å²) in [5.41, 5.74) is 13.6. The van der Waals surface area contributed by atoms with Crippen molar-refractivity contribution in [2.24, 2.45) is 0 Å². The average Bonchev–Trinajstić information content (AvgIpc) is 3.55. The Morgan fingerprint density at radius 3 is 1.78 bits per heavy atom. The summed E-state index contributed by atoms with van der Waals surface area (Å²) in [6.45, 7) is 0. The van der Waals surface area contributed by atoms with Gasteiger partial charge in [0.1, 0.15) is 0 Å². The number of pyridine rings is 3. The van der Waals surface area contributed by atoms with E-state index in [0.29, 0.717) is 0 Å². The van der Waals surface area contributed by atoms with Crippen molar-refractivity contribution in [2.75, 3.05) is 0 Å². The molecule has 0 saturated heterocycles. The van der Waals surface area contributed by atoms with Crippen LogP contribution in [0.4, 0.5) is 0 Å². The third-order valence-electron chi connectivity index (χ3n) is 10.3. The van der Waals surface area contributed by atoms with Gasteiger partial charge in [-0.15, -0.1) is 0 Å². The fraction of sp³-hybridized carbons (Fsp3) is 0.0426. The summed E-state index contributed by atoms with van der Waals surface area (Å²) in [7, 11) is 0. The highest BCUT2D eigenvalue weighted by atomic mass is 15.0. The minimum Gasteiger partial charge on any atom is -0.313 e. The lowest BCUT2D eigenvalue weighted by molar-refractivity contribution is 0.888. The zero-order valence-electron chi connectivity index (χ0n) is 27.9. The van der Waals surface area contributed by atoms with Crippen molar-refractivity contribution in [2.45, 2.75) is 12.8 Å². The SMILES string of the molecule is C1=Cc2c(n(-c3cccc(-c4ccc(-c5ccc(-c6c7ccccc7c(-c7ccccc7)c7ccccc67)cn5)nc4)c3)c3ccncc23)CC1. The molecule has 4 aromatic heterocycles. The summed E-state index contributed by atoms with van der Waals surface area (Å²) >= 11 is 0. The van der Waals surface area contributed by atoms with Crippen LogP contribution in [0, 0.1) is 0 Å². The highest BCUT2D eigenvalue weighted by Gasteiger charge is 2.19. The fourth-order valence-corrected chi connectivity index (χ4v) is 7.95. The van der Waals surface area contributed by atoms with Gasteiger partial charge in [-0.1, -0.05) is 115 Å². The van der Waals surface area contributed by atoms with Gasteiger partial charge < -0.3 is 4.57 Å². The van der Waals surface area contributed by atoms with Crippen LogP contribution in [0.15, 0.2) is 164 Å². The van der Waals surface area contributed by atoms with Crippen molar-refractivity contribution in [3.05, 3.63) is 176 Å². The Bertz CT molecular complexity index is 2720. The van der Waals surface area contributed by atoms with Gasteiger partial charge in [-0.05, 0) is 87.0 Å². The Kier molecular flexibility index (Phi) is 6.91. The van der Waals surface area contributed by atoms with Crippen LogP contribution in [0.1, 0.15) is 17.7 Å². The first-order chi connectivity index (χ1) is 25.3. The van der Waals surface area contributed by atoms with Gasteiger partial charge in [0.25, 0.3) is 0 Å². The summed E-state index contributed by atoms with van der Waals surface area (Å²) in [6, 6.07) is 47.5. The van der Waals surface area contributed by atoms with Crippen LogP contribution in [-0.2, 0) is 6.42 Å². The molecule has 1 aliphatic carbocycles. The number of aromatic nitrogens is 4. The van der Waals surface area contributed by atoms with Gasteiger partial charge in [0.05, 0.1) is 16.9 Å². The van der Waals surface area contributed by atoms with E-state index in [2.05, 4.69) is 155 Å². The monoisotopic (exact) mass is 652 g/mol. The van der Waals surface area contributed by atoms with Crippen molar-refractivity contribution in [3.63, 3.8) is 0 Å². The van der Waals surface area contributed by atoms with E-state index >= 15 is 0 Å². The predicted octanol–water partition coefficient (Wildman–Crippen LogP) is 11.7. The molecule has 5 aromatic carbocycles. The second-order valence-electron chi connectivity index (χ2n) is 13.2. The van der Waals surface area contributed by atoms with Gasteiger partial charge in [-0.25, -0.2) is 0 Å². The highest BCUT2D eigenvalue weighted by Crippen LogP contribution is 2.43. The minimum absolute atomic E-state index is 0.848. The molecule has 9 aromatic rings. The molecule has 0 radical (unpaired) electrons. The Labute approximate surface area is 296 Å². The van der Waals surface area contributed by atoms with E-state index in [0.717, 1.165) is 46.6 Å². The number of rotatable bonds is 5. The molecular weight excluding hydrogens is 621 g/mol. The first kappa shape index (κ1) is 29.3. The molecule has 0 atom stereocenters. The van der Waals surface area contributed by atoms with Crippen molar-refractivity contribution in [1.29, 1.82) is 0 Å². The van der Waals surface area contributed by atoms with Crippen LogP contribution in [0.2, 0.25) is 0 Å². The summed E-state index contributed by atoms with van der Waals surface area (Å²) < 4.78 is 2.40. The third kappa shape index (κ3) is 4.87. The molecule has 1 aliphatic rings. The number of allylic oxidation sites excluding steroid dienone is 1. The fourth-order valence-electron chi connectivity index (χ4n) is 7.95. The molecule has 0 aliphatic heterocycles. The molecule has 4 heteroatoms. The average molecular weight is 653 g/mol. The quantitative estimate of drug-likeness (QED) is 0.174. The Hall–Kier alpha value is -6.65. The second kappa shape index (κ2) is 12.0. The molecule has 0 N–H and O–H groups in total. The summed E-state index contributed by atoms with van der Waals surface area (Å²) in [4.78, 5) is 14.3. The molecule has 4 nitrogen and oxygen atoms in total. The normalized spacial score (nSPS) is 12.5. The van der Waals surface area contributed by atoms with Crippen molar-refractivity contribution < 1.29 is 0 Å². The standard InChI is InChI=1S/C47H32N4/c1-2-11-31(12-3-1)46-37-16-4-6-18-39(37)47(40-19-7-5-17-38(40)46)34-22-24-43(50-29-34)42-23-21-33(28-49-42)32-13-10-14-35(27-32)51-44-20-9-8-15-36(44)41-30-48-26-25-45(41)51/h1-8,10-19,21-30H,9,20H2. The molecule has 0 amide bonds. The van der Waals surface area contributed by atoms with E-state index in [-0.39, 0.29) is 0 Å². The Morgan fingerprint density at radius 2 is 1.12 bits per heavy atom. The second-order valence-corrected chi connectivity index (χ2v) is 13.2. The van der Waals surface area contributed by atoms with E-state index in [1.807, 2.05) is 24.8 Å². The lowest BCUT2D eigenvalue weighted by Crippen LogP contribution is -2.03. The van der Waals surface area contributed by atoms with Gasteiger partial charge in [-0.2, -0.15) is 0 Å². The van der Waals surface area contributed by atoms with E-state index in [9.17, 15) is 0 Å².